The molecule has 0 atom stereocenters. The van der Waals surface area contributed by atoms with Crippen LogP contribution in [-0.4, -0.2) is 8.42 Å². The Labute approximate surface area is 141 Å². The van der Waals surface area contributed by atoms with Gasteiger partial charge in [0.1, 0.15) is 0 Å². The summed E-state index contributed by atoms with van der Waals surface area (Å²) in [6.07, 6.45) is 4.15. The summed E-state index contributed by atoms with van der Waals surface area (Å²) in [7, 11) is -3.62. The molecule has 0 saturated carbocycles. The van der Waals surface area contributed by atoms with Gasteiger partial charge in [-0.05, 0) is 65.6 Å². The van der Waals surface area contributed by atoms with Crippen LogP contribution in [0.2, 0.25) is 0 Å². The molecule has 0 amide bonds. The van der Waals surface area contributed by atoms with Crippen LogP contribution < -0.4 is 4.72 Å². The minimum atomic E-state index is -3.62. The van der Waals surface area contributed by atoms with Gasteiger partial charge in [0, 0.05) is 5.69 Å². The standard InChI is InChI=1S/C20H16NO2S/c1-14-10-17-6-8-19(12-18(17)11-14)21-24(22,23)20-9-7-15-4-2-3-5-16(15)13-20/h2-9,12-13,21H,10H2,1H3. The Hall–Kier alpha value is -2.59. The van der Waals surface area contributed by atoms with Crippen LogP contribution in [0.15, 0.2) is 71.1 Å². The van der Waals surface area contributed by atoms with E-state index in [0.29, 0.717) is 5.69 Å². The Bertz CT molecular complexity index is 1080. The van der Waals surface area contributed by atoms with E-state index in [0.717, 1.165) is 22.8 Å². The Morgan fingerprint density at radius 3 is 2.58 bits per heavy atom. The molecule has 3 aromatic rings. The highest BCUT2D eigenvalue weighted by Crippen LogP contribution is 2.27. The molecule has 24 heavy (non-hydrogen) atoms. The third-order valence-electron chi connectivity index (χ3n) is 4.20. The zero-order valence-electron chi connectivity index (χ0n) is 13.2. The zero-order chi connectivity index (χ0) is 16.7. The largest absolute Gasteiger partial charge is 0.280 e. The van der Waals surface area contributed by atoms with E-state index in [9.17, 15) is 8.42 Å². The highest BCUT2D eigenvalue weighted by atomic mass is 32.2. The molecule has 1 N–H and O–H groups in total. The molecule has 3 aromatic carbocycles. The lowest BCUT2D eigenvalue weighted by molar-refractivity contribution is 0.601. The number of anilines is 1. The summed E-state index contributed by atoms with van der Waals surface area (Å²) in [4.78, 5) is 0.261. The second kappa shape index (κ2) is 5.49. The summed E-state index contributed by atoms with van der Waals surface area (Å²) in [6, 6.07) is 18.5. The molecule has 4 rings (SSSR count). The van der Waals surface area contributed by atoms with Crippen molar-refractivity contribution in [3.05, 3.63) is 83.4 Å². The van der Waals surface area contributed by atoms with Gasteiger partial charge in [0.25, 0.3) is 10.0 Å². The molecule has 0 spiro atoms. The molecule has 0 unspecified atom stereocenters. The lowest BCUT2D eigenvalue weighted by Crippen LogP contribution is -2.13. The van der Waals surface area contributed by atoms with E-state index in [4.69, 9.17) is 0 Å². The number of allylic oxidation sites excluding steroid dienone is 1. The summed E-state index contributed by atoms with van der Waals surface area (Å²) in [5.41, 5.74) is 3.87. The van der Waals surface area contributed by atoms with Crippen molar-refractivity contribution in [2.45, 2.75) is 18.2 Å². The van der Waals surface area contributed by atoms with E-state index >= 15 is 0 Å². The number of rotatable bonds is 3. The first-order chi connectivity index (χ1) is 11.5. The normalized spacial score (nSPS) is 13.6. The number of hydrogen-bond acceptors (Lipinski definition) is 2. The topological polar surface area (TPSA) is 46.2 Å². The van der Waals surface area contributed by atoms with Gasteiger partial charge in [0.2, 0.25) is 0 Å². The first kappa shape index (κ1) is 15.0. The Balaban J connectivity index is 1.69. The maximum absolute atomic E-state index is 12.7. The van der Waals surface area contributed by atoms with Gasteiger partial charge in [-0.3, -0.25) is 4.72 Å². The van der Waals surface area contributed by atoms with E-state index < -0.39 is 10.0 Å². The zero-order valence-corrected chi connectivity index (χ0v) is 14.0. The average molecular weight is 334 g/mol. The molecule has 0 fully saturated rings. The van der Waals surface area contributed by atoms with E-state index in [2.05, 4.69) is 10.8 Å². The van der Waals surface area contributed by atoms with Gasteiger partial charge in [-0.15, -0.1) is 0 Å². The number of hydrogen-bond donors (Lipinski definition) is 1. The SMILES string of the molecule is CC1=[C]c2cc(NS(=O)(=O)c3ccc4ccccc4c3)ccc2C1. The van der Waals surface area contributed by atoms with Crippen molar-refractivity contribution in [2.24, 2.45) is 0 Å². The van der Waals surface area contributed by atoms with Crippen LogP contribution in [0, 0.1) is 6.08 Å². The van der Waals surface area contributed by atoms with Crippen molar-refractivity contribution in [1.29, 1.82) is 0 Å². The van der Waals surface area contributed by atoms with Crippen molar-refractivity contribution < 1.29 is 8.42 Å². The summed E-state index contributed by atoms with van der Waals surface area (Å²) < 4.78 is 28.0. The van der Waals surface area contributed by atoms with E-state index in [1.165, 1.54) is 11.1 Å². The van der Waals surface area contributed by atoms with Crippen molar-refractivity contribution >= 4 is 26.5 Å². The maximum Gasteiger partial charge on any atom is 0.261 e. The van der Waals surface area contributed by atoms with Crippen LogP contribution >= 0.6 is 0 Å². The van der Waals surface area contributed by atoms with Crippen LogP contribution in [0.5, 0.6) is 0 Å². The van der Waals surface area contributed by atoms with Gasteiger partial charge in [-0.25, -0.2) is 8.42 Å². The minimum Gasteiger partial charge on any atom is -0.280 e. The van der Waals surface area contributed by atoms with Crippen LogP contribution in [0.25, 0.3) is 10.8 Å². The first-order valence-electron chi connectivity index (χ1n) is 7.75. The maximum atomic E-state index is 12.7. The van der Waals surface area contributed by atoms with Crippen molar-refractivity contribution in [2.75, 3.05) is 4.72 Å². The van der Waals surface area contributed by atoms with Gasteiger partial charge in [-0.2, -0.15) is 0 Å². The quantitative estimate of drug-likeness (QED) is 0.776. The molecular weight excluding hydrogens is 318 g/mol. The Morgan fingerprint density at radius 2 is 1.75 bits per heavy atom. The van der Waals surface area contributed by atoms with E-state index in [1.807, 2.05) is 49.4 Å². The van der Waals surface area contributed by atoms with Crippen LogP contribution in [-0.2, 0) is 16.4 Å². The lowest BCUT2D eigenvalue weighted by Gasteiger charge is -2.10. The Morgan fingerprint density at radius 1 is 0.958 bits per heavy atom. The second-order valence-corrected chi connectivity index (χ2v) is 7.75. The van der Waals surface area contributed by atoms with Crippen molar-refractivity contribution in [1.82, 2.24) is 0 Å². The highest BCUT2D eigenvalue weighted by molar-refractivity contribution is 7.92. The van der Waals surface area contributed by atoms with Gasteiger partial charge >= 0.3 is 0 Å². The first-order valence-corrected chi connectivity index (χ1v) is 9.24. The molecule has 0 aromatic heterocycles. The van der Waals surface area contributed by atoms with Crippen LogP contribution in [0.4, 0.5) is 5.69 Å². The van der Waals surface area contributed by atoms with Gasteiger partial charge in [-0.1, -0.05) is 42.0 Å². The summed E-state index contributed by atoms with van der Waals surface area (Å²) in [5.74, 6) is 0. The van der Waals surface area contributed by atoms with Gasteiger partial charge < -0.3 is 0 Å². The molecule has 1 radical (unpaired) electrons. The smallest absolute Gasteiger partial charge is 0.261 e. The number of nitrogens with one attached hydrogen (secondary N) is 1. The fourth-order valence-corrected chi connectivity index (χ4v) is 4.10. The van der Waals surface area contributed by atoms with Crippen molar-refractivity contribution in [3.8, 4) is 0 Å². The predicted molar refractivity (Wildman–Crippen MR) is 96.4 cm³/mol. The van der Waals surface area contributed by atoms with E-state index in [1.54, 1.807) is 18.2 Å². The molecule has 0 heterocycles. The monoisotopic (exact) mass is 334 g/mol. The fraction of sp³-hybridized carbons (Fsp3) is 0.100. The third kappa shape index (κ3) is 2.69. The van der Waals surface area contributed by atoms with E-state index in [-0.39, 0.29) is 4.90 Å². The van der Waals surface area contributed by atoms with Gasteiger partial charge in [0.15, 0.2) is 0 Å². The minimum absolute atomic E-state index is 0.261. The average Bonchev–Trinajstić information content (AvgIpc) is 2.93. The number of benzene rings is 3. The summed E-state index contributed by atoms with van der Waals surface area (Å²) >= 11 is 0. The molecule has 1 aliphatic carbocycles. The molecule has 0 aliphatic heterocycles. The lowest BCUT2D eigenvalue weighted by atomic mass is 10.1. The highest BCUT2D eigenvalue weighted by Gasteiger charge is 2.16. The summed E-state index contributed by atoms with van der Waals surface area (Å²) in [5, 5.41) is 1.92. The molecule has 119 valence electrons. The molecular formula is C20H16NO2S. The Kier molecular flexibility index (Phi) is 3.43. The third-order valence-corrected chi connectivity index (χ3v) is 5.58. The number of sulfonamides is 1. The summed E-state index contributed by atoms with van der Waals surface area (Å²) in [6.45, 7) is 2.03. The number of fused-ring (bicyclic) bond motifs is 2. The molecule has 4 heteroatoms. The molecule has 1 aliphatic rings. The predicted octanol–water partition coefficient (Wildman–Crippen LogP) is 4.29. The van der Waals surface area contributed by atoms with Crippen LogP contribution in [0.1, 0.15) is 18.1 Å². The molecule has 0 bridgehead atoms. The van der Waals surface area contributed by atoms with Gasteiger partial charge in [0.05, 0.1) is 4.90 Å². The molecule has 0 saturated heterocycles. The second-order valence-electron chi connectivity index (χ2n) is 6.07. The molecule has 3 nitrogen and oxygen atoms in total. The van der Waals surface area contributed by atoms with Crippen LogP contribution in [0.3, 0.4) is 0 Å². The fourth-order valence-electron chi connectivity index (χ4n) is 3.02. The van der Waals surface area contributed by atoms with Crippen molar-refractivity contribution in [3.63, 3.8) is 0 Å².